The molecule has 0 unspecified atom stereocenters. The van der Waals surface area contributed by atoms with Crippen LogP contribution in [0, 0.1) is 18.3 Å². The van der Waals surface area contributed by atoms with Gasteiger partial charge >= 0.3 is 0 Å². The summed E-state index contributed by atoms with van der Waals surface area (Å²) in [5, 5.41) is 15.9. The number of amides is 1. The molecule has 1 aromatic carbocycles. The third kappa shape index (κ3) is 4.10. The molecule has 26 heavy (non-hydrogen) atoms. The molecule has 3 rings (SSSR count). The number of fused-ring (bicyclic) bond motifs is 1. The zero-order chi connectivity index (χ0) is 18.9. The maximum absolute atomic E-state index is 12.5. The summed E-state index contributed by atoms with van der Waals surface area (Å²) in [5.74, 6) is -0.364. The van der Waals surface area contributed by atoms with Crippen molar-refractivity contribution in [2.75, 3.05) is 5.32 Å². The maximum atomic E-state index is 12.5. The van der Waals surface area contributed by atoms with Crippen LogP contribution < -0.4 is 10.6 Å². The van der Waals surface area contributed by atoms with Gasteiger partial charge in [-0.2, -0.15) is 5.26 Å². The standard InChI is InChI=1S/C18H16Cl3N3OS/c1-10-5-7-11(8-6-10)15(25)23-17(18(19,20)21)24-16-13(9-22)12-3-2-4-14(12)26-16/h5-8,17,24H,2-4H2,1H3,(H,23,25)/t17-/m1/s1. The van der Waals surface area contributed by atoms with Crippen molar-refractivity contribution in [3.05, 3.63) is 51.4 Å². The van der Waals surface area contributed by atoms with Crippen LogP contribution in [0.3, 0.4) is 0 Å². The Labute approximate surface area is 171 Å². The summed E-state index contributed by atoms with van der Waals surface area (Å²) in [7, 11) is 0. The van der Waals surface area contributed by atoms with Crippen molar-refractivity contribution in [3.63, 3.8) is 0 Å². The average molecular weight is 429 g/mol. The molecule has 0 saturated heterocycles. The first-order valence-corrected chi connectivity index (χ1v) is 10.00. The van der Waals surface area contributed by atoms with E-state index in [-0.39, 0.29) is 5.91 Å². The Kier molecular flexibility index (Phi) is 5.69. The summed E-state index contributed by atoms with van der Waals surface area (Å²) in [5.41, 5.74) is 3.15. The largest absolute Gasteiger partial charge is 0.352 e. The van der Waals surface area contributed by atoms with Crippen molar-refractivity contribution in [1.29, 1.82) is 5.26 Å². The van der Waals surface area contributed by atoms with Gasteiger partial charge in [-0.3, -0.25) is 4.79 Å². The fourth-order valence-corrected chi connectivity index (χ4v) is 4.47. The zero-order valence-electron chi connectivity index (χ0n) is 13.9. The first-order valence-electron chi connectivity index (χ1n) is 8.05. The lowest BCUT2D eigenvalue weighted by atomic mass is 10.1. The van der Waals surface area contributed by atoms with Crippen molar-refractivity contribution >= 4 is 57.0 Å². The molecule has 136 valence electrons. The van der Waals surface area contributed by atoms with Crippen molar-refractivity contribution in [2.24, 2.45) is 0 Å². The van der Waals surface area contributed by atoms with Crippen LogP contribution in [0.2, 0.25) is 0 Å². The van der Waals surface area contributed by atoms with Gasteiger partial charge in [0, 0.05) is 10.4 Å². The molecule has 4 nitrogen and oxygen atoms in total. The second-order valence-corrected chi connectivity index (χ2v) is 9.61. The SMILES string of the molecule is Cc1ccc(C(=O)N[C@H](Nc2sc3c(c2C#N)CCC3)C(Cl)(Cl)Cl)cc1. The number of benzene rings is 1. The van der Waals surface area contributed by atoms with Crippen LogP contribution in [-0.2, 0) is 12.8 Å². The number of nitrogens with one attached hydrogen (secondary N) is 2. The Morgan fingerprint density at radius 1 is 1.27 bits per heavy atom. The highest BCUT2D eigenvalue weighted by atomic mass is 35.6. The summed E-state index contributed by atoms with van der Waals surface area (Å²) in [6.07, 6.45) is 1.90. The number of hydrogen-bond donors (Lipinski definition) is 2. The van der Waals surface area contributed by atoms with E-state index in [4.69, 9.17) is 34.8 Å². The van der Waals surface area contributed by atoms with Gasteiger partial charge in [-0.25, -0.2) is 0 Å². The number of hydrogen-bond acceptors (Lipinski definition) is 4. The molecule has 0 aliphatic heterocycles. The molecule has 1 amide bonds. The van der Waals surface area contributed by atoms with Crippen LogP contribution in [0.25, 0.3) is 0 Å². The van der Waals surface area contributed by atoms with E-state index < -0.39 is 9.96 Å². The number of nitriles is 1. The Balaban J connectivity index is 1.83. The maximum Gasteiger partial charge on any atom is 0.252 e. The lowest BCUT2D eigenvalue weighted by Crippen LogP contribution is -2.49. The first-order chi connectivity index (χ1) is 12.3. The average Bonchev–Trinajstić information content (AvgIpc) is 3.14. The highest BCUT2D eigenvalue weighted by molar-refractivity contribution is 7.16. The predicted octanol–water partition coefficient (Wildman–Crippen LogP) is 4.96. The number of anilines is 1. The highest BCUT2D eigenvalue weighted by Gasteiger charge is 2.36. The zero-order valence-corrected chi connectivity index (χ0v) is 17.0. The number of aryl methyl sites for hydroxylation is 2. The number of carbonyl (C=O) groups is 1. The Morgan fingerprint density at radius 3 is 2.58 bits per heavy atom. The van der Waals surface area contributed by atoms with E-state index in [9.17, 15) is 10.1 Å². The van der Waals surface area contributed by atoms with Crippen molar-refractivity contribution < 1.29 is 4.79 Å². The van der Waals surface area contributed by atoms with E-state index in [0.717, 1.165) is 30.4 Å². The number of rotatable bonds is 4. The van der Waals surface area contributed by atoms with E-state index in [1.54, 1.807) is 12.1 Å². The molecule has 0 spiro atoms. The Hall–Kier alpha value is -1.45. The normalized spacial score (nSPS) is 14.4. The minimum atomic E-state index is -1.79. The van der Waals surface area contributed by atoms with Gasteiger partial charge in [0.05, 0.1) is 5.56 Å². The molecule has 1 aromatic heterocycles. The predicted molar refractivity (Wildman–Crippen MR) is 107 cm³/mol. The number of thiophene rings is 1. The molecule has 1 aliphatic carbocycles. The van der Waals surface area contributed by atoms with Gasteiger partial charge in [0.25, 0.3) is 5.91 Å². The van der Waals surface area contributed by atoms with Gasteiger partial charge in [0.15, 0.2) is 0 Å². The fourth-order valence-electron chi connectivity index (χ4n) is 2.87. The first kappa shape index (κ1) is 19.3. The van der Waals surface area contributed by atoms with E-state index in [0.29, 0.717) is 16.1 Å². The highest BCUT2D eigenvalue weighted by Crippen LogP contribution is 2.40. The van der Waals surface area contributed by atoms with Crippen LogP contribution in [0.4, 0.5) is 5.00 Å². The Bertz CT molecular complexity index is 866. The molecule has 1 atom stereocenters. The summed E-state index contributed by atoms with van der Waals surface area (Å²) in [6, 6.07) is 9.32. The van der Waals surface area contributed by atoms with Crippen LogP contribution in [0.5, 0.6) is 0 Å². The fraction of sp³-hybridized carbons (Fsp3) is 0.333. The molecule has 2 aromatic rings. The number of alkyl halides is 3. The van der Waals surface area contributed by atoms with Gasteiger partial charge in [0.2, 0.25) is 3.79 Å². The second kappa shape index (κ2) is 7.66. The molecule has 0 fully saturated rings. The van der Waals surface area contributed by atoms with Crippen molar-refractivity contribution in [1.82, 2.24) is 5.32 Å². The van der Waals surface area contributed by atoms with Crippen LogP contribution >= 0.6 is 46.1 Å². The summed E-state index contributed by atoms with van der Waals surface area (Å²) in [6.45, 7) is 1.94. The summed E-state index contributed by atoms with van der Waals surface area (Å²) < 4.78 is -1.79. The van der Waals surface area contributed by atoms with Crippen molar-refractivity contribution in [3.8, 4) is 6.07 Å². The molecule has 0 saturated carbocycles. The molecule has 1 aliphatic rings. The summed E-state index contributed by atoms with van der Waals surface area (Å²) in [4.78, 5) is 13.7. The smallest absolute Gasteiger partial charge is 0.252 e. The third-order valence-electron chi connectivity index (χ3n) is 4.23. The van der Waals surface area contributed by atoms with Crippen LogP contribution in [-0.4, -0.2) is 15.9 Å². The molecule has 2 N–H and O–H groups in total. The van der Waals surface area contributed by atoms with Gasteiger partial charge in [0.1, 0.15) is 17.2 Å². The molecule has 0 bridgehead atoms. The molecular weight excluding hydrogens is 413 g/mol. The lowest BCUT2D eigenvalue weighted by molar-refractivity contribution is 0.0942. The van der Waals surface area contributed by atoms with E-state index >= 15 is 0 Å². The summed E-state index contributed by atoms with van der Waals surface area (Å²) >= 11 is 19.7. The quantitative estimate of drug-likeness (QED) is 0.534. The van der Waals surface area contributed by atoms with E-state index in [1.807, 2.05) is 19.1 Å². The molecule has 8 heteroatoms. The number of halogens is 3. The van der Waals surface area contributed by atoms with Gasteiger partial charge < -0.3 is 10.6 Å². The second-order valence-electron chi connectivity index (χ2n) is 6.13. The topological polar surface area (TPSA) is 64.9 Å². The van der Waals surface area contributed by atoms with Crippen LogP contribution in [0.15, 0.2) is 24.3 Å². The minimum absolute atomic E-state index is 0.364. The lowest BCUT2D eigenvalue weighted by Gasteiger charge is -2.27. The van der Waals surface area contributed by atoms with Crippen molar-refractivity contribution in [2.45, 2.75) is 36.1 Å². The third-order valence-corrected chi connectivity index (χ3v) is 6.10. The van der Waals surface area contributed by atoms with E-state index in [2.05, 4.69) is 16.7 Å². The van der Waals surface area contributed by atoms with Gasteiger partial charge in [-0.15, -0.1) is 11.3 Å². The minimum Gasteiger partial charge on any atom is -0.352 e. The number of carbonyl (C=O) groups excluding carboxylic acids is 1. The molecule has 0 radical (unpaired) electrons. The number of nitrogens with zero attached hydrogens (tertiary/aromatic N) is 1. The molecule has 1 heterocycles. The monoisotopic (exact) mass is 427 g/mol. The van der Waals surface area contributed by atoms with Crippen LogP contribution in [0.1, 0.15) is 38.3 Å². The Morgan fingerprint density at radius 2 is 1.96 bits per heavy atom. The van der Waals surface area contributed by atoms with Gasteiger partial charge in [-0.1, -0.05) is 52.5 Å². The van der Waals surface area contributed by atoms with E-state index in [1.165, 1.54) is 16.2 Å². The van der Waals surface area contributed by atoms with Gasteiger partial charge in [-0.05, 0) is 43.9 Å². The molecular formula is C18H16Cl3N3OS.